The van der Waals surface area contributed by atoms with Crippen molar-refractivity contribution in [2.45, 2.75) is 13.0 Å². The molecule has 3 heterocycles. The van der Waals surface area contributed by atoms with Crippen LogP contribution >= 0.6 is 0 Å². The van der Waals surface area contributed by atoms with E-state index >= 15 is 0 Å². The summed E-state index contributed by atoms with van der Waals surface area (Å²) in [5, 5.41) is 11.2. The van der Waals surface area contributed by atoms with Gasteiger partial charge in [0.1, 0.15) is 17.2 Å². The number of hydrogen-bond donors (Lipinski definition) is 1. The number of benzene rings is 1. The molecule has 154 valence electrons. The smallest absolute Gasteiger partial charge is 0.295 e. The van der Waals surface area contributed by atoms with Crippen LogP contribution in [0.15, 0.2) is 54.2 Å². The van der Waals surface area contributed by atoms with E-state index in [-0.39, 0.29) is 30.0 Å². The first kappa shape index (κ1) is 19.8. The molecule has 1 aliphatic heterocycles. The SMILES string of the molecule is COCCN1C(=O)C(=O)/C(=C(/O)c2c(C)nc3ccccn23)C1c1ccccc1F. The van der Waals surface area contributed by atoms with Gasteiger partial charge in [-0.1, -0.05) is 24.3 Å². The summed E-state index contributed by atoms with van der Waals surface area (Å²) < 4.78 is 21.4. The lowest BCUT2D eigenvalue weighted by Gasteiger charge is -2.25. The number of aliphatic hydroxyl groups excluding tert-OH is 1. The van der Waals surface area contributed by atoms with Gasteiger partial charge in [0.05, 0.1) is 23.9 Å². The number of halogens is 1. The Balaban J connectivity index is 1.97. The number of aromatic nitrogens is 2. The first-order valence-electron chi connectivity index (χ1n) is 9.41. The van der Waals surface area contributed by atoms with Crippen LogP contribution < -0.4 is 0 Å². The molecule has 1 saturated heterocycles. The average Bonchev–Trinajstić information content (AvgIpc) is 3.20. The summed E-state index contributed by atoms with van der Waals surface area (Å²) in [5.74, 6) is -2.65. The zero-order valence-corrected chi connectivity index (χ0v) is 16.5. The maximum absolute atomic E-state index is 14.7. The molecule has 0 radical (unpaired) electrons. The number of rotatable bonds is 5. The standard InChI is InChI=1S/C22H20FN3O4/c1-13-18(25-10-6-5-9-16(25)24-13)20(27)17-19(14-7-3-4-8-15(14)23)26(11-12-30-2)22(29)21(17)28/h3-10,19,27H,11-12H2,1-2H3/b20-17+. The lowest BCUT2D eigenvalue weighted by Crippen LogP contribution is -2.33. The Morgan fingerprint density at radius 1 is 1.20 bits per heavy atom. The van der Waals surface area contributed by atoms with Gasteiger partial charge < -0.3 is 14.7 Å². The summed E-state index contributed by atoms with van der Waals surface area (Å²) >= 11 is 0. The molecule has 7 nitrogen and oxygen atoms in total. The van der Waals surface area contributed by atoms with E-state index in [1.165, 1.54) is 30.2 Å². The fraction of sp³-hybridized carbons (Fsp3) is 0.227. The Labute approximate surface area is 172 Å². The van der Waals surface area contributed by atoms with Crippen molar-refractivity contribution in [3.63, 3.8) is 0 Å². The first-order chi connectivity index (χ1) is 14.5. The van der Waals surface area contributed by atoms with Crippen molar-refractivity contribution >= 4 is 23.1 Å². The predicted octanol–water partition coefficient (Wildman–Crippen LogP) is 2.85. The van der Waals surface area contributed by atoms with Crippen LogP contribution in [0.3, 0.4) is 0 Å². The van der Waals surface area contributed by atoms with E-state index in [2.05, 4.69) is 4.98 Å². The molecule has 1 atom stereocenters. The lowest BCUT2D eigenvalue weighted by molar-refractivity contribution is -0.140. The highest BCUT2D eigenvalue weighted by Gasteiger charge is 2.47. The monoisotopic (exact) mass is 409 g/mol. The minimum Gasteiger partial charge on any atom is -0.505 e. The van der Waals surface area contributed by atoms with Crippen molar-refractivity contribution in [3.05, 3.63) is 77.0 Å². The zero-order chi connectivity index (χ0) is 21.4. The van der Waals surface area contributed by atoms with Crippen LogP contribution in [0.25, 0.3) is 11.4 Å². The fourth-order valence-corrected chi connectivity index (χ4v) is 3.85. The fourth-order valence-electron chi connectivity index (χ4n) is 3.85. The van der Waals surface area contributed by atoms with E-state index in [4.69, 9.17) is 4.74 Å². The summed E-state index contributed by atoms with van der Waals surface area (Å²) in [4.78, 5) is 31.4. The molecule has 8 heteroatoms. The van der Waals surface area contributed by atoms with Gasteiger partial charge in [-0.05, 0) is 25.1 Å². The van der Waals surface area contributed by atoms with Gasteiger partial charge >= 0.3 is 0 Å². The molecule has 1 aromatic carbocycles. The van der Waals surface area contributed by atoms with Crippen molar-refractivity contribution in [3.8, 4) is 0 Å². The molecule has 4 rings (SSSR count). The molecular formula is C22H20FN3O4. The van der Waals surface area contributed by atoms with E-state index in [0.717, 1.165) is 0 Å². The number of ketones is 1. The molecule has 2 aromatic heterocycles. The third-order valence-electron chi connectivity index (χ3n) is 5.20. The van der Waals surface area contributed by atoms with Crippen LogP contribution in [0.1, 0.15) is 23.0 Å². The van der Waals surface area contributed by atoms with E-state index in [0.29, 0.717) is 11.3 Å². The van der Waals surface area contributed by atoms with Crippen LogP contribution in [-0.4, -0.2) is 51.3 Å². The van der Waals surface area contributed by atoms with Crippen molar-refractivity contribution < 1.29 is 23.8 Å². The maximum atomic E-state index is 14.7. The van der Waals surface area contributed by atoms with Gasteiger partial charge in [-0.25, -0.2) is 9.37 Å². The molecule has 1 amide bonds. The van der Waals surface area contributed by atoms with Crippen LogP contribution in [0.4, 0.5) is 4.39 Å². The molecule has 0 spiro atoms. The maximum Gasteiger partial charge on any atom is 0.295 e. The Hall–Kier alpha value is -3.52. The van der Waals surface area contributed by atoms with E-state index < -0.39 is 29.3 Å². The molecule has 0 bridgehead atoms. The number of carbonyl (C=O) groups excluding carboxylic acids is 2. The Bertz CT molecular complexity index is 1180. The summed E-state index contributed by atoms with van der Waals surface area (Å²) in [5.41, 5.74) is 1.30. The number of Topliss-reactive ketones (excluding diaryl/α,β-unsaturated/α-hetero) is 1. The number of aryl methyl sites for hydroxylation is 1. The Kier molecular flexibility index (Phi) is 5.09. The third kappa shape index (κ3) is 3.05. The third-order valence-corrected chi connectivity index (χ3v) is 5.20. The predicted molar refractivity (Wildman–Crippen MR) is 107 cm³/mol. The minimum absolute atomic E-state index is 0.0724. The number of nitrogens with zero attached hydrogens (tertiary/aromatic N) is 3. The van der Waals surface area contributed by atoms with E-state index in [9.17, 15) is 19.1 Å². The van der Waals surface area contributed by atoms with Gasteiger partial charge in [0.25, 0.3) is 11.7 Å². The lowest BCUT2D eigenvalue weighted by atomic mass is 9.96. The van der Waals surface area contributed by atoms with Gasteiger partial charge in [0.2, 0.25) is 0 Å². The summed E-state index contributed by atoms with van der Waals surface area (Å²) in [6, 6.07) is 10.1. The normalized spacial score (nSPS) is 18.5. The van der Waals surface area contributed by atoms with Crippen LogP contribution in [0, 0.1) is 12.7 Å². The Morgan fingerprint density at radius 2 is 1.93 bits per heavy atom. The number of imidazole rings is 1. The van der Waals surface area contributed by atoms with Crippen molar-refractivity contribution in [1.82, 2.24) is 14.3 Å². The zero-order valence-electron chi connectivity index (χ0n) is 16.5. The molecule has 1 aliphatic rings. The number of methoxy groups -OCH3 is 1. The molecule has 0 saturated carbocycles. The number of carbonyl (C=O) groups is 2. The van der Waals surface area contributed by atoms with Crippen LogP contribution in [0.2, 0.25) is 0 Å². The number of amides is 1. The van der Waals surface area contributed by atoms with Crippen LogP contribution in [-0.2, 0) is 14.3 Å². The summed E-state index contributed by atoms with van der Waals surface area (Å²) in [6.45, 7) is 1.93. The number of fused-ring (bicyclic) bond motifs is 1. The molecule has 1 unspecified atom stereocenters. The van der Waals surface area contributed by atoms with Gasteiger partial charge in [0.15, 0.2) is 5.76 Å². The quantitative estimate of drug-likeness (QED) is 0.398. The number of hydrogen-bond acceptors (Lipinski definition) is 5. The largest absolute Gasteiger partial charge is 0.505 e. The molecular weight excluding hydrogens is 389 g/mol. The van der Waals surface area contributed by atoms with E-state index in [1.54, 1.807) is 41.8 Å². The topological polar surface area (TPSA) is 84.1 Å². The van der Waals surface area contributed by atoms with Gasteiger partial charge in [-0.2, -0.15) is 0 Å². The molecule has 0 aliphatic carbocycles. The molecule has 1 fully saturated rings. The summed E-state index contributed by atoms with van der Waals surface area (Å²) in [7, 11) is 1.47. The average molecular weight is 409 g/mol. The molecule has 3 aromatic rings. The highest BCUT2D eigenvalue weighted by molar-refractivity contribution is 6.46. The van der Waals surface area contributed by atoms with Crippen molar-refractivity contribution in [2.24, 2.45) is 0 Å². The number of ether oxygens (including phenoxy) is 1. The number of pyridine rings is 1. The number of likely N-dealkylation sites (tertiary alicyclic amines) is 1. The van der Waals surface area contributed by atoms with Crippen molar-refractivity contribution in [1.29, 1.82) is 0 Å². The van der Waals surface area contributed by atoms with Gasteiger partial charge in [-0.3, -0.25) is 14.0 Å². The van der Waals surface area contributed by atoms with Gasteiger partial charge in [0, 0.05) is 25.4 Å². The highest BCUT2D eigenvalue weighted by Crippen LogP contribution is 2.40. The number of aliphatic hydroxyl groups is 1. The van der Waals surface area contributed by atoms with Gasteiger partial charge in [-0.15, -0.1) is 0 Å². The first-order valence-corrected chi connectivity index (χ1v) is 9.41. The minimum atomic E-state index is -1.07. The van der Waals surface area contributed by atoms with Crippen LogP contribution in [0.5, 0.6) is 0 Å². The molecule has 30 heavy (non-hydrogen) atoms. The highest BCUT2D eigenvalue weighted by atomic mass is 19.1. The summed E-state index contributed by atoms with van der Waals surface area (Å²) in [6.07, 6.45) is 1.70. The molecule has 1 N–H and O–H groups in total. The van der Waals surface area contributed by atoms with E-state index in [1.807, 2.05) is 0 Å². The second-order valence-corrected chi connectivity index (χ2v) is 6.98. The Morgan fingerprint density at radius 3 is 2.67 bits per heavy atom. The van der Waals surface area contributed by atoms with Crippen molar-refractivity contribution in [2.75, 3.05) is 20.3 Å². The second-order valence-electron chi connectivity index (χ2n) is 6.98. The second kappa shape index (κ2) is 7.72.